The summed E-state index contributed by atoms with van der Waals surface area (Å²) in [5.74, 6) is 0. The molecule has 0 saturated carbocycles. The van der Waals surface area contributed by atoms with E-state index in [2.05, 4.69) is 55.3 Å². The maximum absolute atomic E-state index is 6.13. The Kier molecular flexibility index (Phi) is 2.61. The number of para-hydroxylation sites is 1. The Morgan fingerprint density at radius 2 is 2.11 bits per heavy atom. The number of fused-ring (bicyclic) bond motifs is 1. The van der Waals surface area contributed by atoms with Crippen LogP contribution in [0.15, 0.2) is 24.4 Å². The molecule has 4 heteroatoms. The summed E-state index contributed by atoms with van der Waals surface area (Å²) >= 11 is 0. The lowest BCUT2D eigenvalue weighted by Gasteiger charge is -2.28. The van der Waals surface area contributed by atoms with Crippen LogP contribution < -0.4 is 5.32 Å². The summed E-state index contributed by atoms with van der Waals surface area (Å²) in [5, 5.41) is 11.9. The molecule has 2 N–H and O–H groups in total. The van der Waals surface area contributed by atoms with Crippen LogP contribution in [0.25, 0.3) is 10.9 Å². The van der Waals surface area contributed by atoms with E-state index in [4.69, 9.17) is 4.74 Å². The summed E-state index contributed by atoms with van der Waals surface area (Å²) in [4.78, 5) is 0. The van der Waals surface area contributed by atoms with Gasteiger partial charge in [0.15, 0.2) is 0 Å². The molecule has 1 fully saturated rings. The molecule has 1 aliphatic rings. The van der Waals surface area contributed by atoms with E-state index in [1.54, 1.807) is 0 Å². The van der Waals surface area contributed by atoms with Crippen LogP contribution in [-0.4, -0.2) is 27.4 Å². The quantitative estimate of drug-likeness (QED) is 0.869. The fourth-order valence-electron chi connectivity index (χ4n) is 3.06. The topological polar surface area (TPSA) is 49.9 Å². The summed E-state index contributed by atoms with van der Waals surface area (Å²) in [7, 11) is 0. The lowest BCUT2D eigenvalue weighted by atomic mass is 9.94. The predicted octanol–water partition coefficient (Wildman–Crippen LogP) is 3.32. The van der Waals surface area contributed by atoms with Crippen molar-refractivity contribution < 1.29 is 4.74 Å². The van der Waals surface area contributed by atoms with Crippen LogP contribution in [-0.2, 0) is 4.74 Å². The minimum atomic E-state index is -0.175. The number of anilines is 1. The van der Waals surface area contributed by atoms with E-state index >= 15 is 0 Å². The minimum absolute atomic E-state index is 0.0803. The second kappa shape index (κ2) is 3.97. The van der Waals surface area contributed by atoms with Crippen molar-refractivity contribution in [3.63, 3.8) is 0 Å². The highest BCUT2D eigenvalue weighted by Gasteiger charge is 2.45. The zero-order valence-electron chi connectivity index (χ0n) is 11.9. The van der Waals surface area contributed by atoms with Crippen molar-refractivity contribution in [3.8, 4) is 0 Å². The second-order valence-electron chi connectivity index (χ2n) is 6.51. The summed E-state index contributed by atoms with van der Waals surface area (Å²) < 4.78 is 6.13. The molecule has 102 valence electrons. The summed E-state index contributed by atoms with van der Waals surface area (Å²) in [5.41, 5.74) is 1.90. The molecular weight excluding hydrogens is 238 g/mol. The van der Waals surface area contributed by atoms with Crippen LogP contribution in [0.4, 0.5) is 5.69 Å². The number of aromatic amines is 1. The first-order valence-corrected chi connectivity index (χ1v) is 6.76. The van der Waals surface area contributed by atoms with Gasteiger partial charge in [-0.15, -0.1) is 0 Å². The van der Waals surface area contributed by atoms with E-state index in [0.29, 0.717) is 0 Å². The van der Waals surface area contributed by atoms with E-state index in [9.17, 15) is 0 Å². The average Bonchev–Trinajstić information content (AvgIpc) is 2.81. The highest BCUT2D eigenvalue weighted by Crippen LogP contribution is 2.39. The van der Waals surface area contributed by atoms with Crippen molar-refractivity contribution in [1.29, 1.82) is 0 Å². The van der Waals surface area contributed by atoms with Crippen molar-refractivity contribution in [2.75, 3.05) is 5.32 Å². The molecule has 2 aromatic rings. The molecular formula is C15H21N3O. The SMILES string of the molecule is CC1(C)CC(Nc2cccc3cn[nH]c23)C(C)(C)O1. The number of ether oxygens (including phenoxy) is 1. The van der Waals surface area contributed by atoms with Gasteiger partial charge in [-0.05, 0) is 40.2 Å². The molecule has 4 nitrogen and oxygen atoms in total. The molecule has 0 bridgehead atoms. The highest BCUT2D eigenvalue weighted by molar-refractivity contribution is 5.90. The van der Waals surface area contributed by atoms with Crippen LogP contribution in [0, 0.1) is 0 Å². The Bertz CT molecular complexity index is 600. The number of rotatable bonds is 2. The van der Waals surface area contributed by atoms with Gasteiger partial charge in [-0.2, -0.15) is 5.10 Å². The summed E-state index contributed by atoms with van der Waals surface area (Å²) in [6.45, 7) is 8.58. The first-order valence-electron chi connectivity index (χ1n) is 6.76. The lowest BCUT2D eigenvalue weighted by Crippen LogP contribution is -2.38. The predicted molar refractivity (Wildman–Crippen MR) is 77.4 cm³/mol. The van der Waals surface area contributed by atoms with Crippen molar-refractivity contribution in [1.82, 2.24) is 10.2 Å². The first-order chi connectivity index (χ1) is 8.87. The number of benzene rings is 1. The summed E-state index contributed by atoms with van der Waals surface area (Å²) in [6, 6.07) is 6.48. The third kappa shape index (κ3) is 2.21. The fourth-order valence-corrected chi connectivity index (χ4v) is 3.06. The van der Waals surface area contributed by atoms with Crippen LogP contribution in [0.5, 0.6) is 0 Å². The number of hydrogen-bond acceptors (Lipinski definition) is 3. The van der Waals surface area contributed by atoms with Gasteiger partial charge < -0.3 is 10.1 Å². The molecule has 1 atom stereocenters. The maximum atomic E-state index is 6.13. The number of nitrogens with zero attached hydrogens (tertiary/aromatic N) is 1. The van der Waals surface area contributed by atoms with Gasteiger partial charge in [0, 0.05) is 5.39 Å². The Morgan fingerprint density at radius 1 is 1.32 bits per heavy atom. The standard InChI is InChI=1S/C15H21N3O/c1-14(2)8-12(15(3,4)19-14)17-11-7-5-6-10-9-16-18-13(10)11/h5-7,9,12,17H,8H2,1-4H3,(H,16,18). The first kappa shape index (κ1) is 12.5. The van der Waals surface area contributed by atoms with Gasteiger partial charge in [-0.25, -0.2) is 0 Å². The number of aromatic nitrogens is 2. The average molecular weight is 259 g/mol. The van der Waals surface area contributed by atoms with Crippen LogP contribution in [0.2, 0.25) is 0 Å². The van der Waals surface area contributed by atoms with E-state index in [1.807, 2.05) is 12.3 Å². The normalized spacial score (nSPS) is 24.7. The third-order valence-electron chi connectivity index (χ3n) is 3.88. The second-order valence-corrected chi connectivity index (χ2v) is 6.51. The van der Waals surface area contributed by atoms with Crippen molar-refractivity contribution >= 4 is 16.6 Å². The van der Waals surface area contributed by atoms with Crippen LogP contribution in [0.3, 0.4) is 0 Å². The van der Waals surface area contributed by atoms with Gasteiger partial charge in [0.25, 0.3) is 0 Å². The largest absolute Gasteiger partial charge is 0.378 e. The van der Waals surface area contributed by atoms with E-state index in [0.717, 1.165) is 23.0 Å². The van der Waals surface area contributed by atoms with Crippen molar-refractivity contribution in [3.05, 3.63) is 24.4 Å². The third-order valence-corrected chi connectivity index (χ3v) is 3.88. The molecule has 1 aromatic heterocycles. The van der Waals surface area contributed by atoms with Gasteiger partial charge in [0.2, 0.25) is 0 Å². The fraction of sp³-hybridized carbons (Fsp3) is 0.533. The zero-order valence-corrected chi connectivity index (χ0v) is 11.9. The molecule has 0 spiro atoms. The molecule has 1 unspecified atom stereocenters. The van der Waals surface area contributed by atoms with Gasteiger partial charge in [0.05, 0.1) is 34.6 Å². The monoisotopic (exact) mass is 259 g/mol. The zero-order chi connectivity index (χ0) is 13.7. The molecule has 19 heavy (non-hydrogen) atoms. The molecule has 1 aliphatic heterocycles. The van der Waals surface area contributed by atoms with E-state index in [1.165, 1.54) is 0 Å². The van der Waals surface area contributed by atoms with E-state index < -0.39 is 0 Å². The number of hydrogen-bond donors (Lipinski definition) is 2. The van der Waals surface area contributed by atoms with Gasteiger partial charge in [0.1, 0.15) is 0 Å². The van der Waals surface area contributed by atoms with Crippen LogP contribution >= 0.6 is 0 Å². The van der Waals surface area contributed by atoms with Gasteiger partial charge in [-0.3, -0.25) is 5.10 Å². The highest BCUT2D eigenvalue weighted by atomic mass is 16.5. The van der Waals surface area contributed by atoms with Crippen LogP contribution in [0.1, 0.15) is 34.1 Å². The molecule has 1 saturated heterocycles. The molecule has 0 aliphatic carbocycles. The summed E-state index contributed by atoms with van der Waals surface area (Å²) in [6.07, 6.45) is 2.84. The minimum Gasteiger partial charge on any atom is -0.378 e. The van der Waals surface area contributed by atoms with Gasteiger partial charge in [-0.1, -0.05) is 12.1 Å². The Balaban J connectivity index is 1.91. The lowest BCUT2D eigenvalue weighted by molar-refractivity contribution is -0.0662. The Labute approximate surface area is 113 Å². The molecule has 0 amide bonds. The Morgan fingerprint density at radius 3 is 2.79 bits per heavy atom. The van der Waals surface area contributed by atoms with Crippen molar-refractivity contribution in [2.45, 2.75) is 51.4 Å². The van der Waals surface area contributed by atoms with E-state index in [-0.39, 0.29) is 17.2 Å². The molecule has 0 radical (unpaired) electrons. The molecule has 1 aromatic carbocycles. The maximum Gasteiger partial charge on any atom is 0.0881 e. The van der Waals surface area contributed by atoms with Gasteiger partial charge >= 0.3 is 0 Å². The Hall–Kier alpha value is -1.55. The van der Waals surface area contributed by atoms with Crippen molar-refractivity contribution in [2.24, 2.45) is 0 Å². The number of nitrogens with one attached hydrogen (secondary N) is 2. The molecule has 3 rings (SSSR count). The smallest absolute Gasteiger partial charge is 0.0881 e. The molecule has 2 heterocycles. The number of H-pyrrole nitrogens is 1.